The minimum atomic E-state index is -0.183. The number of carbonyl (C=O) groups is 1. The summed E-state index contributed by atoms with van der Waals surface area (Å²) in [5.74, 6) is 0.985. The molecule has 0 saturated heterocycles. The largest absolute Gasteiger partial charge is 0.493 e. The normalized spacial score (nSPS) is 12.9. The molecule has 1 N–H and O–H groups in total. The minimum Gasteiger partial charge on any atom is -0.493 e. The van der Waals surface area contributed by atoms with Gasteiger partial charge in [0.1, 0.15) is 0 Å². The van der Waals surface area contributed by atoms with E-state index in [9.17, 15) is 4.79 Å². The van der Waals surface area contributed by atoms with Gasteiger partial charge in [-0.05, 0) is 67.1 Å². The molecule has 0 aromatic heterocycles. The van der Waals surface area contributed by atoms with Gasteiger partial charge in [0.15, 0.2) is 18.1 Å². The Kier molecular flexibility index (Phi) is 5.39. The van der Waals surface area contributed by atoms with Crippen molar-refractivity contribution in [3.05, 3.63) is 59.2 Å². The molecule has 0 fully saturated rings. The maximum absolute atomic E-state index is 12.2. The third-order valence-corrected chi connectivity index (χ3v) is 4.29. The van der Waals surface area contributed by atoms with Crippen LogP contribution in [0.5, 0.6) is 11.5 Å². The number of ether oxygens (including phenoxy) is 2. The number of nitrogens with one attached hydrogen (secondary N) is 1. The summed E-state index contributed by atoms with van der Waals surface area (Å²) >= 11 is 0. The minimum absolute atomic E-state index is 0.0591. The number of hydrogen-bond donors (Lipinski definition) is 1. The first-order valence-corrected chi connectivity index (χ1v) is 8.55. The van der Waals surface area contributed by atoms with Crippen molar-refractivity contribution in [2.45, 2.75) is 26.2 Å². The van der Waals surface area contributed by atoms with E-state index in [4.69, 9.17) is 9.47 Å². The molecule has 2 aromatic carbocycles. The van der Waals surface area contributed by atoms with Crippen molar-refractivity contribution in [3.63, 3.8) is 0 Å². The third-order valence-electron chi connectivity index (χ3n) is 4.29. The van der Waals surface area contributed by atoms with E-state index < -0.39 is 0 Å². The smallest absolute Gasteiger partial charge is 0.262 e. The molecule has 130 valence electrons. The van der Waals surface area contributed by atoms with Crippen LogP contribution in [0.1, 0.15) is 30.0 Å². The highest BCUT2D eigenvalue weighted by Crippen LogP contribution is 2.29. The molecular formula is C21H23NO3. The summed E-state index contributed by atoms with van der Waals surface area (Å²) < 4.78 is 11.0. The van der Waals surface area contributed by atoms with Crippen molar-refractivity contribution in [2.75, 3.05) is 19.0 Å². The number of fused-ring (bicyclic) bond motifs is 1. The second-order valence-corrected chi connectivity index (χ2v) is 6.08. The highest BCUT2D eigenvalue weighted by molar-refractivity contribution is 5.92. The molecule has 4 heteroatoms. The van der Waals surface area contributed by atoms with Crippen LogP contribution in [0.15, 0.2) is 42.5 Å². The van der Waals surface area contributed by atoms with Crippen LogP contribution in [0.2, 0.25) is 0 Å². The highest BCUT2D eigenvalue weighted by Gasteiger charge is 2.12. The Morgan fingerprint density at radius 1 is 1.12 bits per heavy atom. The number of amides is 1. The van der Waals surface area contributed by atoms with E-state index in [1.54, 1.807) is 7.11 Å². The molecule has 2 aromatic rings. The Morgan fingerprint density at radius 2 is 1.96 bits per heavy atom. The fourth-order valence-electron chi connectivity index (χ4n) is 3.09. The summed E-state index contributed by atoms with van der Waals surface area (Å²) in [4.78, 5) is 12.2. The first-order valence-electron chi connectivity index (χ1n) is 8.55. The summed E-state index contributed by atoms with van der Waals surface area (Å²) in [5.41, 5.74) is 4.57. The fourth-order valence-corrected chi connectivity index (χ4v) is 3.09. The summed E-state index contributed by atoms with van der Waals surface area (Å²) in [5, 5.41) is 2.90. The monoisotopic (exact) mass is 337 g/mol. The third kappa shape index (κ3) is 4.21. The Bertz CT molecular complexity index is 796. The first kappa shape index (κ1) is 17.1. The molecule has 0 aliphatic heterocycles. The number of methoxy groups -OCH3 is 1. The van der Waals surface area contributed by atoms with Gasteiger partial charge in [-0.1, -0.05) is 24.3 Å². The zero-order chi connectivity index (χ0) is 17.6. The van der Waals surface area contributed by atoms with Gasteiger partial charge in [-0.3, -0.25) is 4.79 Å². The summed E-state index contributed by atoms with van der Waals surface area (Å²) in [6.07, 6.45) is 7.35. The molecule has 0 radical (unpaired) electrons. The van der Waals surface area contributed by atoms with E-state index >= 15 is 0 Å². The molecule has 0 heterocycles. The highest BCUT2D eigenvalue weighted by atomic mass is 16.5. The number of hydrogen-bond acceptors (Lipinski definition) is 3. The summed E-state index contributed by atoms with van der Waals surface area (Å²) in [7, 11) is 1.59. The maximum atomic E-state index is 12.2. The second-order valence-electron chi connectivity index (χ2n) is 6.08. The maximum Gasteiger partial charge on any atom is 0.262 e. The van der Waals surface area contributed by atoms with E-state index in [-0.39, 0.29) is 12.5 Å². The SMILES string of the molecule is C/C=C/c1ccc(OCC(=O)Nc2ccc3c(c2)CCC3)c(OC)c1. The lowest BCUT2D eigenvalue weighted by atomic mass is 10.1. The van der Waals surface area contributed by atoms with Crippen LogP contribution in [-0.2, 0) is 17.6 Å². The molecule has 0 atom stereocenters. The fraction of sp³-hybridized carbons (Fsp3) is 0.286. The quantitative estimate of drug-likeness (QED) is 0.858. The van der Waals surface area contributed by atoms with Gasteiger partial charge in [-0.2, -0.15) is 0 Å². The molecule has 1 amide bonds. The van der Waals surface area contributed by atoms with Gasteiger partial charge >= 0.3 is 0 Å². The lowest BCUT2D eigenvalue weighted by Gasteiger charge is -2.12. The van der Waals surface area contributed by atoms with E-state index in [2.05, 4.69) is 17.4 Å². The average Bonchev–Trinajstić information content (AvgIpc) is 3.08. The van der Waals surface area contributed by atoms with Gasteiger partial charge in [0.25, 0.3) is 5.91 Å². The van der Waals surface area contributed by atoms with Crippen LogP contribution >= 0.6 is 0 Å². The van der Waals surface area contributed by atoms with Crippen molar-refractivity contribution < 1.29 is 14.3 Å². The van der Waals surface area contributed by atoms with Crippen LogP contribution in [0.25, 0.3) is 6.08 Å². The van der Waals surface area contributed by atoms with Gasteiger partial charge in [0.2, 0.25) is 0 Å². The second kappa shape index (κ2) is 7.88. The predicted octanol–water partition coefficient (Wildman–Crippen LogP) is 4.23. The Labute approximate surface area is 148 Å². The zero-order valence-electron chi connectivity index (χ0n) is 14.7. The number of anilines is 1. The molecule has 0 saturated carbocycles. The van der Waals surface area contributed by atoms with Crippen LogP contribution in [0, 0.1) is 0 Å². The summed E-state index contributed by atoms with van der Waals surface area (Å²) in [6, 6.07) is 11.7. The molecular weight excluding hydrogens is 314 g/mol. The lowest BCUT2D eigenvalue weighted by Crippen LogP contribution is -2.20. The predicted molar refractivity (Wildman–Crippen MR) is 100 cm³/mol. The topological polar surface area (TPSA) is 47.6 Å². The number of allylic oxidation sites excluding steroid dienone is 1. The van der Waals surface area contributed by atoms with Gasteiger partial charge in [-0.15, -0.1) is 0 Å². The Hall–Kier alpha value is -2.75. The number of benzene rings is 2. The Balaban J connectivity index is 1.60. The number of aryl methyl sites for hydroxylation is 2. The van der Waals surface area contributed by atoms with Crippen molar-refractivity contribution >= 4 is 17.7 Å². The van der Waals surface area contributed by atoms with Crippen molar-refractivity contribution in [2.24, 2.45) is 0 Å². The van der Waals surface area contributed by atoms with Crippen LogP contribution in [0.4, 0.5) is 5.69 Å². The van der Waals surface area contributed by atoms with Crippen molar-refractivity contribution in [1.29, 1.82) is 0 Å². The number of carbonyl (C=O) groups excluding carboxylic acids is 1. The molecule has 4 nitrogen and oxygen atoms in total. The van der Waals surface area contributed by atoms with Gasteiger partial charge < -0.3 is 14.8 Å². The van der Waals surface area contributed by atoms with E-state index in [0.29, 0.717) is 11.5 Å². The van der Waals surface area contributed by atoms with Crippen LogP contribution in [0.3, 0.4) is 0 Å². The first-order chi connectivity index (χ1) is 12.2. The van der Waals surface area contributed by atoms with Gasteiger partial charge in [-0.25, -0.2) is 0 Å². The molecule has 1 aliphatic rings. The average molecular weight is 337 g/mol. The zero-order valence-corrected chi connectivity index (χ0v) is 14.7. The van der Waals surface area contributed by atoms with Gasteiger partial charge in [0, 0.05) is 5.69 Å². The molecule has 1 aliphatic carbocycles. The molecule has 0 unspecified atom stereocenters. The van der Waals surface area contributed by atoms with Gasteiger partial charge in [0.05, 0.1) is 7.11 Å². The lowest BCUT2D eigenvalue weighted by molar-refractivity contribution is -0.118. The van der Waals surface area contributed by atoms with Crippen LogP contribution in [-0.4, -0.2) is 19.6 Å². The summed E-state index contributed by atoms with van der Waals surface area (Å²) in [6.45, 7) is 1.90. The standard InChI is InChI=1S/C21H23NO3/c1-3-5-15-8-11-19(20(12-15)24-2)25-14-21(23)22-18-10-9-16-6-4-7-17(16)13-18/h3,5,8-13H,4,6-7,14H2,1-2H3,(H,22,23)/b5-3+. The van der Waals surface area contributed by atoms with Crippen molar-refractivity contribution in [3.8, 4) is 11.5 Å². The molecule has 0 spiro atoms. The Morgan fingerprint density at radius 3 is 2.76 bits per heavy atom. The molecule has 0 bridgehead atoms. The van der Waals surface area contributed by atoms with E-state index in [1.165, 1.54) is 17.5 Å². The number of rotatable bonds is 6. The molecule has 3 rings (SSSR count). The van der Waals surface area contributed by atoms with E-state index in [0.717, 1.165) is 24.1 Å². The van der Waals surface area contributed by atoms with Crippen LogP contribution < -0.4 is 14.8 Å². The molecule has 25 heavy (non-hydrogen) atoms. The van der Waals surface area contributed by atoms with Crippen molar-refractivity contribution in [1.82, 2.24) is 0 Å². The van der Waals surface area contributed by atoms with E-state index in [1.807, 2.05) is 43.3 Å².